The minimum Gasteiger partial charge on any atom is -0.394 e. The van der Waals surface area contributed by atoms with Crippen LogP contribution in [0.4, 0.5) is 0 Å². The standard InChI is InChI=1S/C55H107NO4/c1-3-5-7-9-11-13-15-17-19-21-23-24-25-26-27-28-29-30-31-32-34-36-38-40-42-44-46-48-50-54(59)56-52(51-57)55(60)53(58)49-47-45-43-41-39-37-35-33-22-20-18-16-14-12-10-8-6-4-2/h26-27,41,43,52-53,55,57-58,60H,3-25,28-40,42,44-51H2,1-2H3,(H,56,59)/b27-26-,43-41+. The van der Waals surface area contributed by atoms with Crippen LogP contribution in [0.3, 0.4) is 0 Å². The first-order valence-corrected chi connectivity index (χ1v) is 27.1. The third-order valence-corrected chi connectivity index (χ3v) is 12.8. The van der Waals surface area contributed by atoms with Gasteiger partial charge in [0, 0.05) is 6.42 Å². The number of unbranched alkanes of at least 4 members (excludes halogenated alkanes) is 38. The summed E-state index contributed by atoms with van der Waals surface area (Å²) in [4.78, 5) is 12.5. The van der Waals surface area contributed by atoms with Gasteiger partial charge in [0.25, 0.3) is 0 Å². The van der Waals surface area contributed by atoms with E-state index in [9.17, 15) is 20.1 Å². The zero-order valence-corrected chi connectivity index (χ0v) is 40.6. The molecule has 0 spiro atoms. The minimum atomic E-state index is -1.16. The lowest BCUT2D eigenvalue weighted by Gasteiger charge is -2.26. The summed E-state index contributed by atoms with van der Waals surface area (Å²) in [5, 5.41) is 33.7. The Kier molecular flexibility index (Phi) is 49.5. The van der Waals surface area contributed by atoms with Gasteiger partial charge in [-0.2, -0.15) is 0 Å². The molecule has 0 aliphatic carbocycles. The smallest absolute Gasteiger partial charge is 0.220 e. The summed E-state index contributed by atoms with van der Waals surface area (Å²) in [6, 6.07) is -0.825. The first kappa shape index (κ1) is 58.8. The van der Waals surface area contributed by atoms with Crippen LogP contribution >= 0.6 is 0 Å². The van der Waals surface area contributed by atoms with Crippen LogP contribution in [0.25, 0.3) is 0 Å². The Bertz CT molecular complexity index is 890. The molecule has 3 atom stereocenters. The molecule has 5 heteroatoms. The first-order chi connectivity index (χ1) is 29.6. The summed E-state index contributed by atoms with van der Waals surface area (Å²) in [6.45, 7) is 4.20. The number of hydrogen-bond acceptors (Lipinski definition) is 4. The van der Waals surface area contributed by atoms with Crippen LogP contribution in [-0.2, 0) is 4.79 Å². The van der Waals surface area contributed by atoms with E-state index in [1.54, 1.807) is 0 Å². The summed E-state index contributed by atoms with van der Waals surface area (Å²) in [7, 11) is 0. The third-order valence-electron chi connectivity index (χ3n) is 12.8. The topological polar surface area (TPSA) is 89.8 Å². The second-order valence-electron chi connectivity index (χ2n) is 18.8. The van der Waals surface area contributed by atoms with Gasteiger partial charge in [-0.3, -0.25) is 4.79 Å². The van der Waals surface area contributed by atoms with Gasteiger partial charge >= 0.3 is 0 Å². The largest absolute Gasteiger partial charge is 0.394 e. The molecule has 356 valence electrons. The van der Waals surface area contributed by atoms with Gasteiger partial charge in [-0.25, -0.2) is 0 Å². The number of aliphatic hydroxyl groups is 3. The second kappa shape index (κ2) is 50.5. The van der Waals surface area contributed by atoms with E-state index in [1.165, 1.54) is 231 Å². The molecule has 5 nitrogen and oxygen atoms in total. The predicted octanol–water partition coefficient (Wildman–Crippen LogP) is 16.5. The maximum Gasteiger partial charge on any atom is 0.220 e. The van der Waals surface area contributed by atoms with E-state index in [2.05, 4.69) is 43.5 Å². The van der Waals surface area contributed by atoms with Gasteiger partial charge in [-0.1, -0.05) is 250 Å². The van der Waals surface area contributed by atoms with Crippen LogP contribution in [0.5, 0.6) is 0 Å². The molecule has 0 fully saturated rings. The molecule has 3 unspecified atom stereocenters. The Labute approximate surface area is 375 Å². The van der Waals surface area contributed by atoms with Gasteiger partial charge in [0.1, 0.15) is 6.10 Å². The number of allylic oxidation sites excluding steroid dienone is 4. The highest BCUT2D eigenvalue weighted by atomic mass is 16.3. The van der Waals surface area contributed by atoms with Crippen molar-refractivity contribution in [2.24, 2.45) is 0 Å². The van der Waals surface area contributed by atoms with Crippen molar-refractivity contribution in [2.75, 3.05) is 6.61 Å². The molecule has 4 N–H and O–H groups in total. The van der Waals surface area contributed by atoms with E-state index in [4.69, 9.17) is 0 Å². The van der Waals surface area contributed by atoms with Crippen LogP contribution in [0.1, 0.15) is 296 Å². The number of nitrogens with one attached hydrogen (secondary N) is 1. The van der Waals surface area contributed by atoms with Crippen LogP contribution in [0, 0.1) is 0 Å². The van der Waals surface area contributed by atoms with E-state index in [1.807, 2.05) is 0 Å². The fourth-order valence-electron chi connectivity index (χ4n) is 8.57. The zero-order valence-electron chi connectivity index (χ0n) is 40.6. The second-order valence-corrected chi connectivity index (χ2v) is 18.8. The van der Waals surface area contributed by atoms with Crippen molar-refractivity contribution in [3.05, 3.63) is 24.3 Å². The molecule has 0 rings (SSSR count). The lowest BCUT2D eigenvalue weighted by molar-refractivity contribution is -0.124. The lowest BCUT2D eigenvalue weighted by Crippen LogP contribution is -2.50. The Morgan fingerprint density at radius 1 is 0.400 bits per heavy atom. The SMILES string of the molecule is CCCCCCCCCCCCCC/C=C\CCCCCCCCCCCCCCC(=O)NC(CO)C(O)C(O)CCC/C=C/CCCCCCCCCCCCCCC. The highest BCUT2D eigenvalue weighted by Crippen LogP contribution is 2.17. The molecule has 0 saturated carbocycles. The highest BCUT2D eigenvalue weighted by Gasteiger charge is 2.26. The maximum atomic E-state index is 12.5. The van der Waals surface area contributed by atoms with Crippen LogP contribution < -0.4 is 5.32 Å². The molecule has 0 radical (unpaired) electrons. The number of carbonyl (C=O) groups is 1. The molecule has 0 aromatic rings. The van der Waals surface area contributed by atoms with Gasteiger partial charge in [0.05, 0.1) is 18.8 Å². The number of carbonyl (C=O) groups excluding carboxylic acids is 1. The zero-order chi connectivity index (χ0) is 43.7. The third kappa shape index (κ3) is 44.9. The monoisotopic (exact) mass is 846 g/mol. The van der Waals surface area contributed by atoms with Crippen molar-refractivity contribution in [1.29, 1.82) is 0 Å². The predicted molar refractivity (Wildman–Crippen MR) is 264 cm³/mol. The van der Waals surface area contributed by atoms with Gasteiger partial charge in [-0.05, 0) is 64.2 Å². The summed E-state index contributed by atoms with van der Waals surface area (Å²) in [6.07, 6.45) is 63.3. The van der Waals surface area contributed by atoms with E-state index in [-0.39, 0.29) is 12.5 Å². The molecule has 0 aliphatic heterocycles. The van der Waals surface area contributed by atoms with E-state index in [0.717, 1.165) is 38.5 Å². The minimum absolute atomic E-state index is 0.151. The Hall–Kier alpha value is -1.17. The average Bonchev–Trinajstić information content (AvgIpc) is 3.25. The Morgan fingerprint density at radius 3 is 0.967 bits per heavy atom. The summed E-state index contributed by atoms with van der Waals surface area (Å²) in [5.74, 6) is -0.151. The summed E-state index contributed by atoms with van der Waals surface area (Å²) in [5.41, 5.74) is 0. The van der Waals surface area contributed by atoms with Crippen molar-refractivity contribution >= 4 is 5.91 Å². The van der Waals surface area contributed by atoms with Crippen LogP contribution in [0.15, 0.2) is 24.3 Å². The first-order valence-electron chi connectivity index (χ1n) is 27.1. The van der Waals surface area contributed by atoms with Gasteiger partial charge < -0.3 is 20.6 Å². The quantitative estimate of drug-likeness (QED) is 0.0363. The fraction of sp³-hybridized carbons (Fsp3) is 0.909. The molecule has 0 heterocycles. The molecule has 0 saturated heterocycles. The van der Waals surface area contributed by atoms with Crippen LogP contribution in [-0.4, -0.2) is 46.1 Å². The van der Waals surface area contributed by atoms with Gasteiger partial charge in [0.2, 0.25) is 5.91 Å². The molecule has 60 heavy (non-hydrogen) atoms. The van der Waals surface area contributed by atoms with Crippen molar-refractivity contribution < 1.29 is 20.1 Å². The molecule has 0 aromatic heterocycles. The van der Waals surface area contributed by atoms with E-state index >= 15 is 0 Å². The number of hydrogen-bond donors (Lipinski definition) is 4. The summed E-state index contributed by atoms with van der Waals surface area (Å²) >= 11 is 0. The Balaban J connectivity index is 3.55. The Morgan fingerprint density at radius 2 is 0.667 bits per heavy atom. The van der Waals surface area contributed by atoms with Gasteiger partial charge in [0.15, 0.2) is 0 Å². The number of rotatable bonds is 50. The van der Waals surface area contributed by atoms with Gasteiger partial charge in [-0.15, -0.1) is 0 Å². The summed E-state index contributed by atoms with van der Waals surface area (Å²) < 4.78 is 0. The van der Waals surface area contributed by atoms with E-state index < -0.39 is 18.2 Å². The maximum absolute atomic E-state index is 12.5. The molecule has 0 aromatic carbocycles. The van der Waals surface area contributed by atoms with Crippen LogP contribution in [0.2, 0.25) is 0 Å². The average molecular weight is 846 g/mol. The molecular weight excluding hydrogens is 739 g/mol. The van der Waals surface area contributed by atoms with Crippen molar-refractivity contribution in [3.63, 3.8) is 0 Å². The highest BCUT2D eigenvalue weighted by molar-refractivity contribution is 5.76. The molecule has 1 amide bonds. The normalized spacial score (nSPS) is 13.5. The number of aliphatic hydroxyl groups excluding tert-OH is 3. The molecular formula is C55H107NO4. The van der Waals surface area contributed by atoms with Crippen molar-refractivity contribution in [1.82, 2.24) is 5.32 Å². The fourth-order valence-corrected chi connectivity index (χ4v) is 8.57. The molecule has 0 bridgehead atoms. The molecule has 0 aliphatic rings. The van der Waals surface area contributed by atoms with Crippen molar-refractivity contribution in [3.8, 4) is 0 Å². The number of amides is 1. The lowest BCUT2D eigenvalue weighted by atomic mass is 10.0. The van der Waals surface area contributed by atoms with E-state index in [0.29, 0.717) is 12.8 Å². The van der Waals surface area contributed by atoms with Crippen molar-refractivity contribution in [2.45, 2.75) is 315 Å².